The molecule has 0 amide bonds. The van der Waals surface area contributed by atoms with Crippen molar-refractivity contribution in [2.24, 2.45) is 10.9 Å². The van der Waals surface area contributed by atoms with Gasteiger partial charge in [0, 0.05) is 13.1 Å². The van der Waals surface area contributed by atoms with Crippen molar-refractivity contribution >= 4 is 5.96 Å². The van der Waals surface area contributed by atoms with Crippen molar-refractivity contribution in [3.8, 4) is 11.5 Å². The van der Waals surface area contributed by atoms with Crippen molar-refractivity contribution in [2.45, 2.75) is 32.9 Å². The van der Waals surface area contributed by atoms with E-state index in [1.165, 1.54) is 12.8 Å². The first kappa shape index (κ1) is 19.1. The number of hydrogen-bond donors (Lipinski definition) is 2. The summed E-state index contributed by atoms with van der Waals surface area (Å²) >= 11 is 0. The zero-order chi connectivity index (χ0) is 18.9. The summed E-state index contributed by atoms with van der Waals surface area (Å²) in [5.41, 5.74) is 2.22. The third-order valence-corrected chi connectivity index (χ3v) is 4.48. The average Bonchev–Trinajstić information content (AvgIpc) is 3.54. The number of methoxy groups -OCH3 is 1. The summed E-state index contributed by atoms with van der Waals surface area (Å²) in [6.45, 7) is 5.05. The van der Waals surface area contributed by atoms with Crippen LogP contribution in [0.3, 0.4) is 0 Å². The molecule has 27 heavy (non-hydrogen) atoms. The van der Waals surface area contributed by atoms with Gasteiger partial charge in [-0.05, 0) is 48.9 Å². The molecule has 3 rings (SSSR count). The Hall–Kier alpha value is -2.69. The van der Waals surface area contributed by atoms with E-state index in [4.69, 9.17) is 9.47 Å². The first-order chi connectivity index (χ1) is 13.3. The molecule has 2 aromatic rings. The smallest absolute Gasteiger partial charge is 0.191 e. The van der Waals surface area contributed by atoms with Crippen molar-refractivity contribution in [3.63, 3.8) is 0 Å². The molecule has 0 aromatic heterocycles. The zero-order valence-corrected chi connectivity index (χ0v) is 16.2. The Kier molecular flexibility index (Phi) is 6.97. The number of aliphatic imine (C=N–C) groups is 1. The summed E-state index contributed by atoms with van der Waals surface area (Å²) in [5, 5.41) is 6.71. The molecule has 0 spiro atoms. The number of nitrogens with one attached hydrogen (secondary N) is 2. The topological polar surface area (TPSA) is 54.9 Å². The van der Waals surface area contributed by atoms with E-state index in [1.54, 1.807) is 7.11 Å². The quantitative estimate of drug-likeness (QED) is 0.524. The van der Waals surface area contributed by atoms with Crippen molar-refractivity contribution in [3.05, 3.63) is 59.7 Å². The molecule has 2 aromatic carbocycles. The highest BCUT2D eigenvalue weighted by molar-refractivity contribution is 5.79. The number of ether oxygens (including phenoxy) is 2. The molecular weight excluding hydrogens is 338 g/mol. The molecule has 1 saturated carbocycles. The van der Waals surface area contributed by atoms with Crippen molar-refractivity contribution in [1.29, 1.82) is 0 Å². The lowest BCUT2D eigenvalue weighted by Crippen LogP contribution is -2.38. The lowest BCUT2D eigenvalue weighted by Gasteiger charge is -2.13. The molecule has 0 aliphatic heterocycles. The van der Waals surface area contributed by atoms with E-state index >= 15 is 0 Å². The molecule has 0 bridgehead atoms. The summed E-state index contributed by atoms with van der Waals surface area (Å²) in [7, 11) is 1.67. The number of nitrogens with zero attached hydrogens (tertiary/aromatic N) is 1. The SMILES string of the molecule is CCNC(=NCc1ccc(OCc2ccccc2)c(OC)c1)NCC1CC1. The highest BCUT2D eigenvalue weighted by Gasteiger charge is 2.21. The molecule has 2 N–H and O–H groups in total. The fraction of sp³-hybridized carbons (Fsp3) is 0.409. The van der Waals surface area contributed by atoms with E-state index in [2.05, 4.69) is 22.5 Å². The van der Waals surface area contributed by atoms with E-state index in [0.717, 1.165) is 47.6 Å². The molecule has 1 aliphatic rings. The molecule has 0 atom stereocenters. The fourth-order valence-electron chi connectivity index (χ4n) is 2.74. The minimum Gasteiger partial charge on any atom is -0.493 e. The van der Waals surface area contributed by atoms with Crippen LogP contribution >= 0.6 is 0 Å². The number of rotatable bonds is 9. The molecule has 0 radical (unpaired) electrons. The fourth-order valence-corrected chi connectivity index (χ4v) is 2.74. The van der Waals surface area contributed by atoms with Gasteiger partial charge in [-0.25, -0.2) is 4.99 Å². The minimum absolute atomic E-state index is 0.518. The van der Waals surface area contributed by atoms with Crippen LogP contribution in [0, 0.1) is 5.92 Å². The van der Waals surface area contributed by atoms with E-state index in [-0.39, 0.29) is 0 Å². The molecule has 144 valence electrons. The Morgan fingerprint density at radius 1 is 1.04 bits per heavy atom. The maximum absolute atomic E-state index is 5.92. The lowest BCUT2D eigenvalue weighted by molar-refractivity contribution is 0.284. The van der Waals surface area contributed by atoms with E-state index in [0.29, 0.717) is 13.2 Å². The molecule has 1 aliphatic carbocycles. The third-order valence-electron chi connectivity index (χ3n) is 4.48. The first-order valence-corrected chi connectivity index (χ1v) is 9.64. The van der Waals surface area contributed by atoms with Crippen molar-refractivity contribution < 1.29 is 9.47 Å². The Morgan fingerprint density at radius 3 is 2.56 bits per heavy atom. The first-order valence-electron chi connectivity index (χ1n) is 9.64. The van der Waals surface area contributed by atoms with Crippen LogP contribution < -0.4 is 20.1 Å². The van der Waals surface area contributed by atoms with Gasteiger partial charge in [0.05, 0.1) is 13.7 Å². The standard InChI is InChI=1S/C22H29N3O2/c1-3-23-22(24-14-17-9-10-17)25-15-19-11-12-20(21(13-19)26-2)27-16-18-7-5-4-6-8-18/h4-8,11-13,17H,3,9-10,14-16H2,1-2H3,(H2,23,24,25). The van der Waals surface area contributed by atoms with Gasteiger partial charge in [-0.15, -0.1) is 0 Å². The Morgan fingerprint density at radius 2 is 1.85 bits per heavy atom. The molecule has 1 fully saturated rings. The normalized spacial score (nSPS) is 13.9. The molecule has 5 heteroatoms. The van der Waals surface area contributed by atoms with Gasteiger partial charge in [-0.3, -0.25) is 0 Å². The lowest BCUT2D eigenvalue weighted by atomic mass is 10.2. The van der Waals surface area contributed by atoms with Crippen LogP contribution in [-0.4, -0.2) is 26.2 Å². The molecule has 0 heterocycles. The largest absolute Gasteiger partial charge is 0.493 e. The second-order valence-corrected chi connectivity index (χ2v) is 6.78. The zero-order valence-electron chi connectivity index (χ0n) is 16.2. The number of hydrogen-bond acceptors (Lipinski definition) is 3. The molecule has 5 nitrogen and oxygen atoms in total. The second-order valence-electron chi connectivity index (χ2n) is 6.78. The van der Waals surface area contributed by atoms with Crippen LogP contribution in [0.25, 0.3) is 0 Å². The maximum Gasteiger partial charge on any atom is 0.191 e. The van der Waals surface area contributed by atoms with Gasteiger partial charge in [0.2, 0.25) is 0 Å². The van der Waals surface area contributed by atoms with Gasteiger partial charge in [0.1, 0.15) is 6.61 Å². The minimum atomic E-state index is 0.518. The summed E-state index contributed by atoms with van der Waals surface area (Å²) in [6.07, 6.45) is 2.65. The summed E-state index contributed by atoms with van der Waals surface area (Å²) in [6, 6.07) is 16.1. The Labute approximate surface area is 161 Å². The predicted molar refractivity (Wildman–Crippen MR) is 109 cm³/mol. The second kappa shape index (κ2) is 9.86. The number of benzene rings is 2. The van der Waals surface area contributed by atoms with Gasteiger partial charge in [-0.2, -0.15) is 0 Å². The van der Waals surface area contributed by atoms with Crippen LogP contribution in [-0.2, 0) is 13.2 Å². The van der Waals surface area contributed by atoms with Gasteiger partial charge < -0.3 is 20.1 Å². The molecule has 0 saturated heterocycles. The van der Waals surface area contributed by atoms with Gasteiger partial charge in [0.15, 0.2) is 17.5 Å². The maximum atomic E-state index is 5.92. The van der Waals surface area contributed by atoms with Gasteiger partial charge in [-0.1, -0.05) is 36.4 Å². The van der Waals surface area contributed by atoms with Gasteiger partial charge >= 0.3 is 0 Å². The Balaban J connectivity index is 1.60. The van der Waals surface area contributed by atoms with Crippen LogP contribution in [0.4, 0.5) is 0 Å². The van der Waals surface area contributed by atoms with Crippen LogP contribution in [0.1, 0.15) is 30.9 Å². The summed E-state index contributed by atoms with van der Waals surface area (Å²) in [4.78, 5) is 4.68. The van der Waals surface area contributed by atoms with Crippen LogP contribution in [0.15, 0.2) is 53.5 Å². The predicted octanol–water partition coefficient (Wildman–Crippen LogP) is 3.74. The van der Waals surface area contributed by atoms with Crippen molar-refractivity contribution in [1.82, 2.24) is 10.6 Å². The van der Waals surface area contributed by atoms with Gasteiger partial charge in [0.25, 0.3) is 0 Å². The van der Waals surface area contributed by atoms with Crippen LogP contribution in [0.5, 0.6) is 11.5 Å². The molecule has 0 unspecified atom stereocenters. The average molecular weight is 367 g/mol. The summed E-state index contributed by atoms with van der Waals surface area (Å²) in [5.74, 6) is 3.16. The molecular formula is C22H29N3O2. The van der Waals surface area contributed by atoms with E-state index in [9.17, 15) is 0 Å². The van der Waals surface area contributed by atoms with Crippen molar-refractivity contribution in [2.75, 3.05) is 20.2 Å². The van der Waals surface area contributed by atoms with E-state index in [1.807, 2.05) is 48.5 Å². The summed E-state index contributed by atoms with van der Waals surface area (Å²) < 4.78 is 11.4. The van der Waals surface area contributed by atoms with E-state index < -0.39 is 0 Å². The van der Waals surface area contributed by atoms with Crippen LogP contribution in [0.2, 0.25) is 0 Å². The number of guanidine groups is 1. The third kappa shape index (κ3) is 6.20. The highest BCUT2D eigenvalue weighted by Crippen LogP contribution is 2.29. The monoisotopic (exact) mass is 367 g/mol. The Bertz CT molecular complexity index is 742. The highest BCUT2D eigenvalue weighted by atomic mass is 16.5.